The van der Waals surface area contributed by atoms with Crippen LogP contribution in [0, 0.1) is 5.82 Å². The largest absolute Gasteiger partial charge is 0.345 e. The Balaban J connectivity index is 2.16. The highest BCUT2D eigenvalue weighted by Gasteiger charge is 2.13. The fraction of sp³-hybridized carbons (Fsp3) is 0.111. The van der Waals surface area contributed by atoms with Crippen LogP contribution in [-0.2, 0) is 0 Å². The number of halogens is 1. The number of aldehydes is 1. The predicted molar refractivity (Wildman–Crippen MR) is 86.6 cm³/mol. The second-order valence-electron chi connectivity index (χ2n) is 5.49. The van der Waals surface area contributed by atoms with Gasteiger partial charge < -0.3 is 9.47 Å². The van der Waals surface area contributed by atoms with Gasteiger partial charge in [-0.3, -0.25) is 9.59 Å². The molecule has 0 radical (unpaired) electrons. The number of hydrogen-bond acceptors (Lipinski definition) is 2. The van der Waals surface area contributed by atoms with Crippen LogP contribution in [0.4, 0.5) is 4.39 Å². The quantitative estimate of drug-likeness (QED) is 0.697. The molecule has 116 valence electrons. The van der Waals surface area contributed by atoms with Gasteiger partial charge >= 0.3 is 0 Å². The maximum Gasteiger partial charge on any atom is 0.253 e. The first-order chi connectivity index (χ1) is 11.0. The van der Waals surface area contributed by atoms with E-state index in [4.69, 9.17) is 0 Å². The van der Waals surface area contributed by atoms with Gasteiger partial charge in [0.2, 0.25) is 0 Å². The van der Waals surface area contributed by atoms with Crippen molar-refractivity contribution in [1.29, 1.82) is 0 Å². The van der Waals surface area contributed by atoms with Gasteiger partial charge in [0, 0.05) is 31.4 Å². The van der Waals surface area contributed by atoms with Gasteiger partial charge in [-0.25, -0.2) is 4.39 Å². The van der Waals surface area contributed by atoms with Crippen LogP contribution in [-0.4, -0.2) is 35.8 Å². The van der Waals surface area contributed by atoms with Crippen LogP contribution in [0.25, 0.3) is 16.6 Å². The highest BCUT2D eigenvalue weighted by atomic mass is 19.1. The summed E-state index contributed by atoms with van der Waals surface area (Å²) >= 11 is 0. The number of carbonyl (C=O) groups excluding carboxylic acids is 2. The zero-order valence-electron chi connectivity index (χ0n) is 12.8. The van der Waals surface area contributed by atoms with Crippen LogP contribution in [0.1, 0.15) is 20.7 Å². The lowest BCUT2D eigenvalue weighted by Gasteiger charge is -2.11. The maximum atomic E-state index is 14.3. The summed E-state index contributed by atoms with van der Waals surface area (Å²) in [6.07, 6.45) is 2.35. The Morgan fingerprint density at radius 3 is 2.57 bits per heavy atom. The number of rotatable bonds is 3. The fourth-order valence-corrected chi connectivity index (χ4v) is 2.52. The first kappa shape index (κ1) is 15.0. The topological polar surface area (TPSA) is 42.3 Å². The molecule has 5 heteroatoms. The van der Waals surface area contributed by atoms with Crippen molar-refractivity contribution in [2.45, 2.75) is 0 Å². The summed E-state index contributed by atoms with van der Waals surface area (Å²) in [4.78, 5) is 24.3. The summed E-state index contributed by atoms with van der Waals surface area (Å²) in [5.74, 6) is -0.604. The minimum Gasteiger partial charge on any atom is -0.345 e. The van der Waals surface area contributed by atoms with Gasteiger partial charge in [-0.15, -0.1) is 0 Å². The van der Waals surface area contributed by atoms with Gasteiger partial charge in [0.1, 0.15) is 12.1 Å². The Kier molecular flexibility index (Phi) is 3.70. The summed E-state index contributed by atoms with van der Waals surface area (Å²) in [6.45, 7) is 0. The Labute approximate surface area is 132 Å². The van der Waals surface area contributed by atoms with Crippen molar-refractivity contribution < 1.29 is 14.0 Å². The molecule has 4 nitrogen and oxygen atoms in total. The van der Waals surface area contributed by atoms with E-state index in [2.05, 4.69) is 0 Å². The van der Waals surface area contributed by atoms with Crippen molar-refractivity contribution >= 4 is 23.1 Å². The van der Waals surface area contributed by atoms with Gasteiger partial charge in [0.25, 0.3) is 5.91 Å². The molecule has 0 bridgehead atoms. The average Bonchev–Trinajstić information content (AvgIpc) is 2.96. The molecule has 0 spiro atoms. The van der Waals surface area contributed by atoms with Crippen molar-refractivity contribution in [2.24, 2.45) is 0 Å². The summed E-state index contributed by atoms with van der Waals surface area (Å²) in [5, 5.41) is 0.902. The normalized spacial score (nSPS) is 10.7. The molecule has 23 heavy (non-hydrogen) atoms. The molecular weight excluding hydrogens is 295 g/mol. The van der Waals surface area contributed by atoms with Crippen LogP contribution < -0.4 is 0 Å². The number of aromatic nitrogens is 1. The Bertz CT molecular complexity index is 913. The monoisotopic (exact) mass is 310 g/mol. The molecule has 0 unspecified atom stereocenters. The molecule has 3 rings (SSSR count). The minimum absolute atomic E-state index is 0.114. The molecule has 2 aromatic carbocycles. The van der Waals surface area contributed by atoms with Crippen molar-refractivity contribution in [1.82, 2.24) is 9.47 Å². The second kappa shape index (κ2) is 5.68. The van der Waals surface area contributed by atoms with E-state index in [0.717, 1.165) is 10.9 Å². The van der Waals surface area contributed by atoms with Gasteiger partial charge in [-0.1, -0.05) is 6.07 Å². The Morgan fingerprint density at radius 2 is 1.91 bits per heavy atom. The molecular formula is C18H15FN2O2. The van der Waals surface area contributed by atoms with Gasteiger partial charge in [-0.05, 0) is 41.8 Å². The van der Waals surface area contributed by atoms with Crippen LogP contribution in [0.15, 0.2) is 48.7 Å². The molecule has 1 heterocycles. The van der Waals surface area contributed by atoms with Crippen LogP contribution >= 0.6 is 0 Å². The molecule has 0 saturated carbocycles. The van der Waals surface area contributed by atoms with E-state index >= 15 is 0 Å². The molecule has 1 amide bonds. The highest BCUT2D eigenvalue weighted by Crippen LogP contribution is 2.24. The van der Waals surface area contributed by atoms with E-state index in [1.165, 1.54) is 11.0 Å². The minimum atomic E-state index is -0.489. The van der Waals surface area contributed by atoms with Gasteiger partial charge in [0.05, 0.1) is 11.2 Å². The van der Waals surface area contributed by atoms with Crippen LogP contribution in [0.2, 0.25) is 0 Å². The van der Waals surface area contributed by atoms with E-state index in [9.17, 15) is 14.0 Å². The number of benzene rings is 2. The Hall–Kier alpha value is -2.95. The molecule has 3 aromatic rings. The summed E-state index contributed by atoms with van der Waals surface area (Å²) in [7, 11) is 3.37. The lowest BCUT2D eigenvalue weighted by atomic mass is 10.1. The number of carbonyl (C=O) groups is 2. The Morgan fingerprint density at radius 1 is 1.13 bits per heavy atom. The molecule has 0 aliphatic carbocycles. The number of amides is 1. The third kappa shape index (κ3) is 2.61. The molecule has 0 N–H and O–H groups in total. The lowest BCUT2D eigenvalue weighted by Crippen LogP contribution is -2.21. The average molecular weight is 310 g/mol. The molecule has 0 aliphatic heterocycles. The summed E-state index contributed by atoms with van der Waals surface area (Å²) in [6, 6.07) is 11.5. The number of nitrogens with zero attached hydrogens (tertiary/aromatic N) is 2. The van der Waals surface area contributed by atoms with E-state index in [1.54, 1.807) is 49.1 Å². The van der Waals surface area contributed by atoms with Gasteiger partial charge in [-0.2, -0.15) is 0 Å². The van der Waals surface area contributed by atoms with Crippen molar-refractivity contribution in [3.8, 4) is 5.69 Å². The molecule has 0 fully saturated rings. The SMILES string of the molecule is CN(C)C(=O)c1ccc2ccn(-c3ccc(C=O)cc3F)c2c1. The zero-order chi connectivity index (χ0) is 16.6. The van der Waals surface area contributed by atoms with Crippen molar-refractivity contribution in [3.63, 3.8) is 0 Å². The smallest absolute Gasteiger partial charge is 0.253 e. The molecule has 0 saturated heterocycles. The third-order valence-corrected chi connectivity index (χ3v) is 3.71. The van der Waals surface area contributed by atoms with E-state index in [-0.39, 0.29) is 11.5 Å². The summed E-state index contributed by atoms with van der Waals surface area (Å²) in [5.41, 5.74) is 1.88. The number of fused-ring (bicyclic) bond motifs is 1. The number of hydrogen-bond donors (Lipinski definition) is 0. The fourth-order valence-electron chi connectivity index (χ4n) is 2.52. The zero-order valence-corrected chi connectivity index (χ0v) is 12.8. The van der Waals surface area contributed by atoms with E-state index in [1.807, 2.05) is 12.1 Å². The molecule has 0 atom stereocenters. The van der Waals surface area contributed by atoms with Crippen LogP contribution in [0.5, 0.6) is 0 Å². The van der Waals surface area contributed by atoms with Crippen molar-refractivity contribution in [2.75, 3.05) is 14.1 Å². The van der Waals surface area contributed by atoms with E-state index in [0.29, 0.717) is 17.5 Å². The maximum absolute atomic E-state index is 14.3. The van der Waals surface area contributed by atoms with Crippen LogP contribution in [0.3, 0.4) is 0 Å². The lowest BCUT2D eigenvalue weighted by molar-refractivity contribution is 0.0827. The van der Waals surface area contributed by atoms with Crippen molar-refractivity contribution in [3.05, 3.63) is 65.6 Å². The molecule has 0 aliphatic rings. The third-order valence-electron chi connectivity index (χ3n) is 3.71. The van der Waals surface area contributed by atoms with Gasteiger partial charge in [0.15, 0.2) is 0 Å². The predicted octanol–water partition coefficient (Wildman–Crippen LogP) is 3.28. The second-order valence-corrected chi connectivity index (χ2v) is 5.49. The first-order valence-corrected chi connectivity index (χ1v) is 7.09. The highest BCUT2D eigenvalue weighted by molar-refractivity contribution is 5.98. The summed E-state index contributed by atoms with van der Waals surface area (Å²) < 4.78 is 15.9. The first-order valence-electron chi connectivity index (χ1n) is 7.09. The molecule has 1 aromatic heterocycles. The standard InChI is InChI=1S/C18H15FN2O2/c1-20(2)18(23)14-5-4-13-7-8-21(17(13)10-14)16-6-3-12(11-22)9-15(16)19/h3-11H,1-2H3. The van der Waals surface area contributed by atoms with E-state index < -0.39 is 5.82 Å².